The minimum atomic E-state index is 0.986. The third kappa shape index (κ3) is 1.07. The largest absolute Gasteiger partial charge is 0.221 e. The van der Waals surface area contributed by atoms with E-state index in [0.29, 0.717) is 0 Å². The van der Waals surface area contributed by atoms with E-state index in [1.54, 1.807) is 6.33 Å². The van der Waals surface area contributed by atoms with E-state index in [4.69, 9.17) is 0 Å². The number of aryl methyl sites for hydroxylation is 1. The SMILES string of the molecule is CCCc1cccn2ncnc12. The van der Waals surface area contributed by atoms with Gasteiger partial charge in [-0.05, 0) is 18.1 Å². The molecule has 3 nitrogen and oxygen atoms in total. The summed E-state index contributed by atoms with van der Waals surface area (Å²) < 4.78 is 1.81. The normalized spacial score (nSPS) is 10.8. The van der Waals surface area contributed by atoms with E-state index in [0.717, 1.165) is 18.5 Å². The lowest BCUT2D eigenvalue weighted by Crippen LogP contribution is -1.92. The van der Waals surface area contributed by atoms with Gasteiger partial charge in [0.2, 0.25) is 0 Å². The molecule has 0 aromatic carbocycles. The van der Waals surface area contributed by atoms with Crippen LogP contribution in [-0.2, 0) is 6.42 Å². The van der Waals surface area contributed by atoms with Gasteiger partial charge in [0.05, 0.1) is 0 Å². The van der Waals surface area contributed by atoms with Crippen molar-refractivity contribution in [2.75, 3.05) is 0 Å². The first-order valence-electron chi connectivity index (χ1n) is 4.19. The van der Waals surface area contributed by atoms with Crippen LogP contribution in [0.1, 0.15) is 18.9 Å². The summed E-state index contributed by atoms with van der Waals surface area (Å²) in [5.74, 6) is 0. The molecule has 0 fully saturated rings. The number of fused-ring (bicyclic) bond motifs is 1. The summed E-state index contributed by atoms with van der Waals surface area (Å²) in [5, 5.41) is 4.07. The Bertz CT molecular complexity index is 378. The number of hydrogen-bond acceptors (Lipinski definition) is 2. The number of rotatable bonds is 2. The minimum absolute atomic E-state index is 0.986. The summed E-state index contributed by atoms with van der Waals surface area (Å²) >= 11 is 0. The second-order valence-electron chi connectivity index (χ2n) is 2.81. The van der Waals surface area contributed by atoms with Crippen LogP contribution in [0, 0.1) is 0 Å². The van der Waals surface area contributed by atoms with Crippen LogP contribution in [0.4, 0.5) is 0 Å². The number of hydrogen-bond donors (Lipinski definition) is 0. The molecule has 0 aliphatic heterocycles. The van der Waals surface area contributed by atoms with Gasteiger partial charge < -0.3 is 0 Å². The molecule has 2 aromatic rings. The Balaban J connectivity index is 2.57. The highest BCUT2D eigenvalue weighted by Gasteiger charge is 2.00. The lowest BCUT2D eigenvalue weighted by molar-refractivity contribution is 0.897. The fourth-order valence-electron chi connectivity index (χ4n) is 1.37. The zero-order valence-electron chi connectivity index (χ0n) is 7.07. The smallest absolute Gasteiger partial charge is 0.158 e. The van der Waals surface area contributed by atoms with Gasteiger partial charge in [0, 0.05) is 6.20 Å². The van der Waals surface area contributed by atoms with E-state index in [1.165, 1.54) is 5.56 Å². The molecule has 0 bridgehead atoms. The Hall–Kier alpha value is -1.38. The molecule has 0 amide bonds. The average Bonchev–Trinajstić information content (AvgIpc) is 2.53. The highest BCUT2D eigenvalue weighted by atomic mass is 15.3. The molecule has 2 aromatic heterocycles. The predicted octanol–water partition coefficient (Wildman–Crippen LogP) is 1.68. The highest BCUT2D eigenvalue weighted by Crippen LogP contribution is 2.08. The molecule has 3 heteroatoms. The molecule has 0 N–H and O–H groups in total. The molecular weight excluding hydrogens is 150 g/mol. The maximum Gasteiger partial charge on any atom is 0.158 e. The lowest BCUT2D eigenvalue weighted by atomic mass is 10.2. The van der Waals surface area contributed by atoms with Gasteiger partial charge in [-0.3, -0.25) is 0 Å². The van der Waals surface area contributed by atoms with Crippen LogP contribution in [0.3, 0.4) is 0 Å². The summed E-state index contributed by atoms with van der Waals surface area (Å²) in [7, 11) is 0. The van der Waals surface area contributed by atoms with Crippen molar-refractivity contribution in [3.05, 3.63) is 30.2 Å². The zero-order valence-corrected chi connectivity index (χ0v) is 7.07. The van der Waals surface area contributed by atoms with Crippen LogP contribution in [0.2, 0.25) is 0 Å². The van der Waals surface area contributed by atoms with Gasteiger partial charge in [-0.2, -0.15) is 5.10 Å². The molecule has 0 saturated heterocycles. The van der Waals surface area contributed by atoms with Gasteiger partial charge in [-0.25, -0.2) is 9.50 Å². The van der Waals surface area contributed by atoms with E-state index in [2.05, 4.69) is 23.1 Å². The lowest BCUT2D eigenvalue weighted by Gasteiger charge is -1.98. The molecule has 0 spiro atoms. The van der Waals surface area contributed by atoms with Crippen LogP contribution in [0.25, 0.3) is 5.65 Å². The molecular formula is C9H11N3. The zero-order chi connectivity index (χ0) is 8.39. The Kier molecular flexibility index (Phi) is 1.78. The van der Waals surface area contributed by atoms with Crippen molar-refractivity contribution in [1.29, 1.82) is 0 Å². The first-order valence-corrected chi connectivity index (χ1v) is 4.19. The Morgan fingerprint density at radius 3 is 3.25 bits per heavy atom. The topological polar surface area (TPSA) is 30.2 Å². The summed E-state index contributed by atoms with van der Waals surface area (Å²) in [6, 6.07) is 4.11. The van der Waals surface area contributed by atoms with Crippen molar-refractivity contribution in [3.8, 4) is 0 Å². The van der Waals surface area contributed by atoms with Gasteiger partial charge in [-0.15, -0.1) is 0 Å². The van der Waals surface area contributed by atoms with Gasteiger partial charge >= 0.3 is 0 Å². The van der Waals surface area contributed by atoms with Crippen molar-refractivity contribution < 1.29 is 0 Å². The first kappa shape index (κ1) is 7.28. The Morgan fingerprint density at radius 1 is 1.50 bits per heavy atom. The second kappa shape index (κ2) is 2.93. The maximum atomic E-state index is 4.19. The monoisotopic (exact) mass is 161 g/mol. The molecule has 0 aliphatic rings. The first-order chi connectivity index (χ1) is 5.92. The fourth-order valence-corrected chi connectivity index (χ4v) is 1.37. The van der Waals surface area contributed by atoms with Crippen LogP contribution in [0.5, 0.6) is 0 Å². The van der Waals surface area contributed by atoms with Crippen LogP contribution in [0.15, 0.2) is 24.7 Å². The molecule has 0 saturated carbocycles. The predicted molar refractivity (Wildman–Crippen MR) is 47.0 cm³/mol. The average molecular weight is 161 g/mol. The van der Waals surface area contributed by atoms with Gasteiger partial charge in [0.1, 0.15) is 6.33 Å². The van der Waals surface area contributed by atoms with Crippen molar-refractivity contribution in [2.24, 2.45) is 0 Å². The van der Waals surface area contributed by atoms with Gasteiger partial charge in [0.25, 0.3) is 0 Å². The summed E-state index contributed by atoms with van der Waals surface area (Å²) in [4.78, 5) is 4.19. The molecule has 62 valence electrons. The third-order valence-corrected chi connectivity index (χ3v) is 1.90. The Morgan fingerprint density at radius 2 is 2.42 bits per heavy atom. The van der Waals surface area contributed by atoms with E-state index < -0.39 is 0 Å². The van der Waals surface area contributed by atoms with Gasteiger partial charge in [-0.1, -0.05) is 19.4 Å². The van der Waals surface area contributed by atoms with Crippen LogP contribution >= 0.6 is 0 Å². The molecule has 0 unspecified atom stereocenters. The molecule has 0 atom stereocenters. The maximum absolute atomic E-state index is 4.19. The molecule has 2 heterocycles. The van der Waals surface area contributed by atoms with Crippen molar-refractivity contribution in [2.45, 2.75) is 19.8 Å². The fraction of sp³-hybridized carbons (Fsp3) is 0.333. The summed E-state index contributed by atoms with van der Waals surface area (Å²) in [5.41, 5.74) is 2.26. The van der Waals surface area contributed by atoms with Crippen molar-refractivity contribution in [1.82, 2.24) is 14.6 Å². The van der Waals surface area contributed by atoms with E-state index >= 15 is 0 Å². The quantitative estimate of drug-likeness (QED) is 0.670. The standard InChI is InChI=1S/C9H11N3/c1-2-4-8-5-3-6-12-9(8)10-7-11-12/h3,5-7H,2,4H2,1H3. The van der Waals surface area contributed by atoms with Crippen LogP contribution < -0.4 is 0 Å². The molecule has 12 heavy (non-hydrogen) atoms. The molecule has 0 aliphatic carbocycles. The van der Waals surface area contributed by atoms with Gasteiger partial charge in [0.15, 0.2) is 5.65 Å². The highest BCUT2D eigenvalue weighted by molar-refractivity contribution is 5.45. The Labute approximate surface area is 71.1 Å². The summed E-state index contributed by atoms with van der Waals surface area (Å²) in [6.45, 7) is 2.17. The second-order valence-corrected chi connectivity index (χ2v) is 2.81. The number of aromatic nitrogens is 3. The third-order valence-electron chi connectivity index (χ3n) is 1.90. The van der Waals surface area contributed by atoms with E-state index in [9.17, 15) is 0 Å². The minimum Gasteiger partial charge on any atom is -0.221 e. The van der Waals surface area contributed by atoms with Crippen molar-refractivity contribution in [3.63, 3.8) is 0 Å². The summed E-state index contributed by atoms with van der Waals surface area (Å²) in [6.07, 6.45) is 5.73. The van der Waals surface area contributed by atoms with E-state index in [1.807, 2.05) is 16.8 Å². The number of pyridine rings is 1. The van der Waals surface area contributed by atoms with Crippen molar-refractivity contribution >= 4 is 5.65 Å². The van der Waals surface area contributed by atoms with E-state index in [-0.39, 0.29) is 0 Å². The number of nitrogens with zero attached hydrogens (tertiary/aromatic N) is 3. The van der Waals surface area contributed by atoms with Crippen LogP contribution in [-0.4, -0.2) is 14.6 Å². The molecule has 0 radical (unpaired) electrons. The molecule has 2 rings (SSSR count).